The van der Waals surface area contributed by atoms with Crippen molar-refractivity contribution in [1.29, 1.82) is 0 Å². The maximum absolute atomic E-state index is 9.01. The second-order valence-corrected chi connectivity index (χ2v) is 3.64. The molecule has 0 amide bonds. The number of nitrogens with zero attached hydrogens (tertiary/aromatic N) is 3. The van der Waals surface area contributed by atoms with Gasteiger partial charge in [0.25, 0.3) is 0 Å². The lowest BCUT2D eigenvalue weighted by atomic mass is 10.2. The Kier molecular flexibility index (Phi) is 5.65. The first-order chi connectivity index (χ1) is 8.24. The standard InChI is InChI=1S/C11H20N4O2/c1-3-12-10-9(2)11(14-8-13-10)15(4-6-16)5-7-17/h8,16-17H,3-7H2,1-2H3,(H,12,13,14). The Morgan fingerprint density at radius 1 is 1.24 bits per heavy atom. The van der Waals surface area contributed by atoms with Crippen molar-refractivity contribution < 1.29 is 10.2 Å². The number of hydrogen-bond donors (Lipinski definition) is 3. The normalized spacial score (nSPS) is 10.4. The number of aliphatic hydroxyl groups is 2. The summed E-state index contributed by atoms with van der Waals surface area (Å²) in [4.78, 5) is 10.2. The zero-order chi connectivity index (χ0) is 12.7. The molecule has 0 bridgehead atoms. The minimum absolute atomic E-state index is 0.0278. The molecule has 0 aliphatic carbocycles. The van der Waals surface area contributed by atoms with Crippen LogP contribution in [0.5, 0.6) is 0 Å². The maximum atomic E-state index is 9.01. The van der Waals surface area contributed by atoms with Crippen LogP contribution in [0.25, 0.3) is 0 Å². The SMILES string of the molecule is CCNc1ncnc(N(CCO)CCO)c1C. The van der Waals surface area contributed by atoms with Crippen LogP contribution in [0.4, 0.5) is 11.6 Å². The summed E-state index contributed by atoms with van der Waals surface area (Å²) in [5, 5.41) is 21.2. The Bertz CT molecular complexity index is 340. The number of aromatic nitrogens is 2. The summed E-state index contributed by atoms with van der Waals surface area (Å²) in [5.74, 6) is 1.54. The van der Waals surface area contributed by atoms with E-state index in [1.807, 2.05) is 18.7 Å². The molecule has 1 aromatic heterocycles. The van der Waals surface area contributed by atoms with E-state index in [1.165, 1.54) is 6.33 Å². The van der Waals surface area contributed by atoms with E-state index in [-0.39, 0.29) is 13.2 Å². The van der Waals surface area contributed by atoms with Gasteiger partial charge in [-0.1, -0.05) is 0 Å². The fraction of sp³-hybridized carbons (Fsp3) is 0.636. The van der Waals surface area contributed by atoms with Crippen LogP contribution in [0.15, 0.2) is 6.33 Å². The topological polar surface area (TPSA) is 81.5 Å². The molecule has 0 fully saturated rings. The Labute approximate surface area is 101 Å². The van der Waals surface area contributed by atoms with Crippen LogP contribution in [-0.2, 0) is 0 Å². The van der Waals surface area contributed by atoms with Gasteiger partial charge in [-0.3, -0.25) is 0 Å². The average Bonchev–Trinajstić information content (AvgIpc) is 2.32. The van der Waals surface area contributed by atoms with Gasteiger partial charge in [-0.15, -0.1) is 0 Å². The lowest BCUT2D eigenvalue weighted by molar-refractivity contribution is 0.280. The number of rotatable bonds is 7. The third kappa shape index (κ3) is 3.54. The number of aliphatic hydroxyl groups excluding tert-OH is 2. The molecule has 0 saturated heterocycles. The molecule has 1 aromatic rings. The van der Waals surface area contributed by atoms with Gasteiger partial charge in [-0.2, -0.15) is 0 Å². The summed E-state index contributed by atoms with van der Waals surface area (Å²) in [7, 11) is 0. The zero-order valence-corrected chi connectivity index (χ0v) is 10.3. The highest BCUT2D eigenvalue weighted by molar-refractivity contribution is 5.57. The van der Waals surface area contributed by atoms with E-state index < -0.39 is 0 Å². The van der Waals surface area contributed by atoms with Gasteiger partial charge in [0.15, 0.2) is 0 Å². The third-order valence-corrected chi connectivity index (χ3v) is 2.44. The van der Waals surface area contributed by atoms with Gasteiger partial charge in [-0.25, -0.2) is 9.97 Å². The second-order valence-electron chi connectivity index (χ2n) is 3.64. The highest BCUT2D eigenvalue weighted by Crippen LogP contribution is 2.21. The summed E-state index contributed by atoms with van der Waals surface area (Å²) in [6, 6.07) is 0. The molecule has 6 nitrogen and oxygen atoms in total. The van der Waals surface area contributed by atoms with Gasteiger partial charge >= 0.3 is 0 Å². The van der Waals surface area contributed by atoms with Gasteiger partial charge < -0.3 is 20.4 Å². The van der Waals surface area contributed by atoms with E-state index in [0.29, 0.717) is 13.1 Å². The fourth-order valence-corrected chi connectivity index (χ4v) is 1.67. The van der Waals surface area contributed by atoms with E-state index in [2.05, 4.69) is 15.3 Å². The quantitative estimate of drug-likeness (QED) is 0.623. The molecule has 0 aliphatic rings. The number of nitrogens with one attached hydrogen (secondary N) is 1. The molecule has 6 heteroatoms. The van der Waals surface area contributed by atoms with Gasteiger partial charge in [0.2, 0.25) is 0 Å². The first-order valence-electron chi connectivity index (χ1n) is 5.76. The van der Waals surface area contributed by atoms with Crippen molar-refractivity contribution in [3.05, 3.63) is 11.9 Å². The number of anilines is 2. The second kappa shape index (κ2) is 7.03. The van der Waals surface area contributed by atoms with E-state index in [9.17, 15) is 0 Å². The van der Waals surface area contributed by atoms with Crippen molar-refractivity contribution in [3.63, 3.8) is 0 Å². The fourth-order valence-electron chi connectivity index (χ4n) is 1.67. The summed E-state index contributed by atoms with van der Waals surface area (Å²) >= 11 is 0. The van der Waals surface area contributed by atoms with Crippen LogP contribution in [-0.4, -0.2) is 53.0 Å². The van der Waals surface area contributed by atoms with E-state index in [4.69, 9.17) is 10.2 Å². The Hall–Kier alpha value is -1.40. The molecular weight excluding hydrogens is 220 g/mol. The van der Waals surface area contributed by atoms with Crippen molar-refractivity contribution in [2.45, 2.75) is 13.8 Å². The predicted octanol–water partition coefficient (Wildman–Crippen LogP) is 0.00782. The average molecular weight is 240 g/mol. The summed E-state index contributed by atoms with van der Waals surface area (Å²) in [6.07, 6.45) is 1.49. The van der Waals surface area contributed by atoms with Crippen LogP contribution in [0.2, 0.25) is 0 Å². The summed E-state index contributed by atoms with van der Waals surface area (Å²) in [6.45, 7) is 5.67. The molecule has 0 aliphatic heterocycles. The summed E-state index contributed by atoms with van der Waals surface area (Å²) in [5.41, 5.74) is 0.927. The largest absolute Gasteiger partial charge is 0.395 e. The molecular formula is C11H20N4O2. The Morgan fingerprint density at radius 2 is 1.88 bits per heavy atom. The van der Waals surface area contributed by atoms with Gasteiger partial charge in [-0.05, 0) is 13.8 Å². The molecule has 0 unspecified atom stereocenters. The highest BCUT2D eigenvalue weighted by Gasteiger charge is 2.12. The maximum Gasteiger partial charge on any atom is 0.137 e. The van der Waals surface area contributed by atoms with Crippen molar-refractivity contribution in [1.82, 2.24) is 9.97 Å². The van der Waals surface area contributed by atoms with E-state index >= 15 is 0 Å². The molecule has 0 saturated carbocycles. The molecule has 0 radical (unpaired) electrons. The Balaban J connectivity index is 2.97. The third-order valence-electron chi connectivity index (χ3n) is 2.44. The Morgan fingerprint density at radius 3 is 2.41 bits per heavy atom. The van der Waals surface area contributed by atoms with Gasteiger partial charge in [0, 0.05) is 25.2 Å². The predicted molar refractivity (Wildman–Crippen MR) is 67.3 cm³/mol. The first-order valence-corrected chi connectivity index (χ1v) is 5.76. The monoisotopic (exact) mass is 240 g/mol. The van der Waals surface area contributed by atoms with Crippen LogP contribution < -0.4 is 10.2 Å². The smallest absolute Gasteiger partial charge is 0.137 e. The molecule has 3 N–H and O–H groups in total. The van der Waals surface area contributed by atoms with Gasteiger partial charge in [0.05, 0.1) is 13.2 Å². The highest BCUT2D eigenvalue weighted by atomic mass is 16.3. The molecule has 1 rings (SSSR count). The minimum Gasteiger partial charge on any atom is -0.395 e. The van der Waals surface area contributed by atoms with Crippen LogP contribution >= 0.6 is 0 Å². The van der Waals surface area contributed by atoms with Crippen molar-refractivity contribution in [3.8, 4) is 0 Å². The molecule has 0 atom stereocenters. The van der Waals surface area contributed by atoms with Crippen LogP contribution in [0.3, 0.4) is 0 Å². The van der Waals surface area contributed by atoms with Crippen LogP contribution in [0, 0.1) is 6.92 Å². The van der Waals surface area contributed by atoms with Crippen molar-refractivity contribution >= 4 is 11.6 Å². The zero-order valence-electron chi connectivity index (χ0n) is 10.3. The van der Waals surface area contributed by atoms with Gasteiger partial charge in [0.1, 0.15) is 18.0 Å². The molecule has 17 heavy (non-hydrogen) atoms. The lowest BCUT2D eigenvalue weighted by Gasteiger charge is -2.24. The van der Waals surface area contributed by atoms with Crippen molar-refractivity contribution in [2.24, 2.45) is 0 Å². The molecule has 0 aromatic carbocycles. The van der Waals surface area contributed by atoms with E-state index in [0.717, 1.165) is 23.7 Å². The molecule has 96 valence electrons. The van der Waals surface area contributed by atoms with E-state index in [1.54, 1.807) is 0 Å². The molecule has 0 spiro atoms. The summed E-state index contributed by atoms with van der Waals surface area (Å²) < 4.78 is 0. The van der Waals surface area contributed by atoms with Crippen molar-refractivity contribution in [2.75, 3.05) is 43.1 Å². The minimum atomic E-state index is 0.0278. The molecule has 1 heterocycles. The number of hydrogen-bond acceptors (Lipinski definition) is 6. The first kappa shape index (κ1) is 13.7. The lowest BCUT2D eigenvalue weighted by Crippen LogP contribution is -2.31. The van der Waals surface area contributed by atoms with Crippen LogP contribution in [0.1, 0.15) is 12.5 Å².